The molecule has 1 aliphatic heterocycles. The van der Waals surface area contributed by atoms with Gasteiger partial charge in [-0.1, -0.05) is 6.07 Å². The Kier molecular flexibility index (Phi) is 6.89. The van der Waals surface area contributed by atoms with Crippen molar-refractivity contribution < 1.29 is 22.8 Å². The molecule has 2 aromatic rings. The van der Waals surface area contributed by atoms with E-state index in [1.165, 1.54) is 22.6 Å². The Hall–Kier alpha value is -2.42. The summed E-state index contributed by atoms with van der Waals surface area (Å²) in [5.41, 5.74) is 1.63. The lowest BCUT2D eigenvalue weighted by atomic mass is 10.0. The van der Waals surface area contributed by atoms with Gasteiger partial charge < -0.3 is 15.0 Å². The van der Waals surface area contributed by atoms with E-state index in [2.05, 4.69) is 17.4 Å². The number of benzene rings is 2. The van der Waals surface area contributed by atoms with Crippen molar-refractivity contribution >= 4 is 21.6 Å². The van der Waals surface area contributed by atoms with Crippen molar-refractivity contribution in [2.75, 3.05) is 25.5 Å². The summed E-state index contributed by atoms with van der Waals surface area (Å²) in [6.45, 7) is 1.23. The maximum atomic E-state index is 12.7. The monoisotopic (exact) mass is 418 g/mol. The van der Waals surface area contributed by atoms with Crippen molar-refractivity contribution in [2.45, 2.75) is 36.6 Å². The zero-order valence-electron chi connectivity index (χ0n) is 16.6. The first kappa shape index (κ1) is 21.3. The molecule has 4 N–H and O–H groups in total. The van der Waals surface area contributed by atoms with Gasteiger partial charge in [-0.15, -0.1) is 0 Å². The molecule has 1 saturated heterocycles. The SMILES string of the molecule is COc1ccc([C@@H]2CCCCC[NH+]2CC(=O)Nc2cccc(S(N)(=O)=O)c2)cc1. The maximum Gasteiger partial charge on any atom is 0.279 e. The number of quaternary nitrogens is 1. The molecule has 0 bridgehead atoms. The van der Waals surface area contributed by atoms with Gasteiger partial charge in [0.2, 0.25) is 10.0 Å². The lowest BCUT2D eigenvalue weighted by molar-refractivity contribution is -0.923. The van der Waals surface area contributed by atoms with Crippen LogP contribution < -0.4 is 20.1 Å². The lowest BCUT2D eigenvalue weighted by Crippen LogP contribution is -3.13. The number of nitrogens with two attached hydrogens (primary N) is 1. The topological polar surface area (TPSA) is 103 Å². The van der Waals surface area contributed by atoms with Gasteiger partial charge in [0.05, 0.1) is 18.6 Å². The molecule has 8 heteroatoms. The Labute approximate surface area is 171 Å². The van der Waals surface area contributed by atoms with Crippen LogP contribution in [0.4, 0.5) is 5.69 Å². The fourth-order valence-corrected chi connectivity index (χ4v) is 4.43. The highest BCUT2D eigenvalue weighted by Gasteiger charge is 2.28. The summed E-state index contributed by atoms with van der Waals surface area (Å²) in [6, 6.07) is 14.3. The largest absolute Gasteiger partial charge is 0.497 e. The second-order valence-corrected chi connectivity index (χ2v) is 8.94. The van der Waals surface area contributed by atoms with Crippen molar-refractivity contribution in [1.82, 2.24) is 0 Å². The van der Waals surface area contributed by atoms with Gasteiger partial charge in [-0.05, 0) is 61.7 Å². The molecule has 0 aromatic heterocycles. The predicted molar refractivity (Wildman–Crippen MR) is 111 cm³/mol. The third kappa shape index (κ3) is 5.79. The van der Waals surface area contributed by atoms with E-state index in [4.69, 9.17) is 9.88 Å². The predicted octanol–water partition coefficient (Wildman–Crippen LogP) is 1.48. The fraction of sp³-hybridized carbons (Fsp3) is 0.381. The average Bonchev–Trinajstić information content (AvgIpc) is 2.93. The molecular formula is C21H28N3O4S+. The van der Waals surface area contributed by atoms with Gasteiger partial charge in [0, 0.05) is 17.7 Å². The second kappa shape index (κ2) is 9.39. The Balaban J connectivity index is 1.72. The number of amides is 1. The molecule has 1 amide bonds. The molecule has 156 valence electrons. The smallest absolute Gasteiger partial charge is 0.279 e. The van der Waals surface area contributed by atoms with Crippen LogP contribution in [-0.2, 0) is 14.8 Å². The number of primary sulfonamides is 1. The number of hydrogen-bond donors (Lipinski definition) is 3. The van der Waals surface area contributed by atoms with Gasteiger partial charge in [-0.25, -0.2) is 13.6 Å². The summed E-state index contributed by atoms with van der Waals surface area (Å²) in [5, 5.41) is 7.99. The van der Waals surface area contributed by atoms with Crippen LogP contribution in [0.2, 0.25) is 0 Å². The number of methoxy groups -OCH3 is 1. The Morgan fingerprint density at radius 2 is 1.93 bits per heavy atom. The van der Waals surface area contributed by atoms with Crippen LogP contribution in [0.3, 0.4) is 0 Å². The summed E-state index contributed by atoms with van der Waals surface area (Å²) in [7, 11) is -2.16. The molecule has 1 unspecified atom stereocenters. The fourth-order valence-electron chi connectivity index (χ4n) is 3.87. The van der Waals surface area contributed by atoms with Crippen LogP contribution in [0.5, 0.6) is 5.75 Å². The Morgan fingerprint density at radius 1 is 1.17 bits per heavy atom. The second-order valence-electron chi connectivity index (χ2n) is 7.38. The van der Waals surface area contributed by atoms with E-state index in [1.807, 2.05) is 12.1 Å². The maximum absolute atomic E-state index is 12.7. The van der Waals surface area contributed by atoms with Gasteiger partial charge in [0.15, 0.2) is 6.54 Å². The van der Waals surface area contributed by atoms with E-state index in [0.29, 0.717) is 12.2 Å². The normalized spacial score (nSPS) is 19.9. The number of nitrogens with one attached hydrogen (secondary N) is 2. The molecule has 2 aromatic carbocycles. The van der Waals surface area contributed by atoms with Crippen molar-refractivity contribution in [1.29, 1.82) is 0 Å². The van der Waals surface area contributed by atoms with Gasteiger partial charge in [-0.3, -0.25) is 4.79 Å². The van der Waals surface area contributed by atoms with Crippen LogP contribution in [0.1, 0.15) is 37.3 Å². The molecule has 1 aliphatic rings. The summed E-state index contributed by atoms with van der Waals surface area (Å²) in [4.78, 5) is 13.9. The van der Waals surface area contributed by atoms with Crippen LogP contribution in [0, 0.1) is 0 Å². The van der Waals surface area contributed by atoms with Crippen molar-refractivity contribution in [3.05, 3.63) is 54.1 Å². The number of sulfonamides is 1. The minimum atomic E-state index is -3.81. The van der Waals surface area contributed by atoms with Gasteiger partial charge >= 0.3 is 0 Å². The standard InChI is InChI=1S/C21H27N3O4S/c1-28-18-11-9-16(10-12-18)20-8-3-2-4-13-24(20)15-21(25)23-17-6-5-7-19(14-17)29(22,26)27/h5-7,9-12,14,20H,2-4,8,13,15H2,1H3,(H,23,25)(H2,22,26,27)/p+1/t20-/m0/s1. The number of likely N-dealkylation sites (tertiary alicyclic amines) is 1. The van der Waals surface area contributed by atoms with Crippen molar-refractivity contribution in [2.24, 2.45) is 5.14 Å². The van der Waals surface area contributed by atoms with E-state index < -0.39 is 10.0 Å². The van der Waals surface area contributed by atoms with Gasteiger partial charge in [0.1, 0.15) is 11.8 Å². The summed E-state index contributed by atoms with van der Waals surface area (Å²) in [6.07, 6.45) is 4.40. The molecule has 2 atom stereocenters. The third-order valence-corrected chi connectivity index (χ3v) is 6.25. The molecule has 7 nitrogen and oxygen atoms in total. The zero-order chi connectivity index (χ0) is 20.9. The van der Waals surface area contributed by atoms with E-state index >= 15 is 0 Å². The van der Waals surface area contributed by atoms with Crippen LogP contribution in [0.15, 0.2) is 53.4 Å². The van der Waals surface area contributed by atoms with Gasteiger partial charge in [-0.2, -0.15) is 0 Å². The van der Waals surface area contributed by atoms with Crippen LogP contribution in [-0.4, -0.2) is 34.5 Å². The van der Waals surface area contributed by atoms with E-state index in [-0.39, 0.29) is 16.8 Å². The number of hydrogen-bond acceptors (Lipinski definition) is 4. The first-order chi connectivity index (χ1) is 13.9. The molecule has 0 aliphatic carbocycles. The number of anilines is 1. The average molecular weight is 419 g/mol. The number of carbonyl (C=O) groups is 1. The number of carbonyl (C=O) groups excluding carboxylic acids is 1. The molecule has 0 spiro atoms. The number of ether oxygens (including phenoxy) is 1. The lowest BCUT2D eigenvalue weighted by Gasteiger charge is -2.27. The van der Waals surface area contributed by atoms with Crippen molar-refractivity contribution in [3.63, 3.8) is 0 Å². The van der Waals surface area contributed by atoms with Gasteiger partial charge in [0.25, 0.3) is 5.91 Å². The first-order valence-corrected chi connectivity index (χ1v) is 11.3. The van der Waals surface area contributed by atoms with E-state index in [1.54, 1.807) is 19.2 Å². The third-order valence-electron chi connectivity index (χ3n) is 5.34. The van der Waals surface area contributed by atoms with Crippen LogP contribution in [0.25, 0.3) is 0 Å². The molecule has 0 saturated carbocycles. The highest BCUT2D eigenvalue weighted by molar-refractivity contribution is 7.89. The minimum Gasteiger partial charge on any atom is -0.497 e. The summed E-state index contributed by atoms with van der Waals surface area (Å²) < 4.78 is 28.3. The molecular weight excluding hydrogens is 390 g/mol. The molecule has 29 heavy (non-hydrogen) atoms. The van der Waals surface area contributed by atoms with Crippen molar-refractivity contribution in [3.8, 4) is 5.75 Å². The van der Waals surface area contributed by atoms with Crippen LogP contribution >= 0.6 is 0 Å². The van der Waals surface area contributed by atoms with E-state index in [0.717, 1.165) is 38.0 Å². The Bertz CT molecular complexity index is 945. The molecule has 1 fully saturated rings. The molecule has 3 rings (SSSR count). The summed E-state index contributed by atoms with van der Waals surface area (Å²) in [5.74, 6) is 0.670. The highest BCUT2D eigenvalue weighted by atomic mass is 32.2. The quantitative estimate of drug-likeness (QED) is 0.661. The Morgan fingerprint density at radius 3 is 2.62 bits per heavy atom. The number of rotatable bonds is 6. The zero-order valence-corrected chi connectivity index (χ0v) is 17.4. The summed E-state index contributed by atoms with van der Waals surface area (Å²) >= 11 is 0. The highest BCUT2D eigenvalue weighted by Crippen LogP contribution is 2.22. The molecule has 0 radical (unpaired) electrons. The first-order valence-electron chi connectivity index (χ1n) is 9.78. The van der Waals surface area contributed by atoms with E-state index in [9.17, 15) is 13.2 Å². The minimum absolute atomic E-state index is 0.0199. The molecule has 1 heterocycles.